The van der Waals surface area contributed by atoms with Crippen LogP contribution >= 0.6 is 23.2 Å². The van der Waals surface area contributed by atoms with E-state index in [1.165, 1.54) is 14.2 Å². The van der Waals surface area contributed by atoms with Gasteiger partial charge in [0.15, 0.2) is 0 Å². The van der Waals surface area contributed by atoms with Crippen molar-refractivity contribution < 1.29 is 18.7 Å². The molecule has 3 rings (SSSR count). The Balaban J connectivity index is 2.14. The number of hydrogen-bond acceptors (Lipinski definition) is 5. The quantitative estimate of drug-likeness (QED) is 0.544. The first-order valence-corrected chi connectivity index (χ1v) is 9.72. The van der Waals surface area contributed by atoms with E-state index >= 15 is 0 Å². The standard InChI is InChI=1S/C22H20Cl2N2O4/c1-12-9-18(25-16-10-14(23)5-7-19(16)28-3)21(13(2)30-12)22(27)26-17-11-15(24)6-8-20(17)29-4/h5-11H,1-4H3,(H,26,27). The summed E-state index contributed by atoms with van der Waals surface area (Å²) in [6.07, 6.45) is 0. The average Bonchev–Trinajstić information content (AvgIpc) is 2.68. The highest BCUT2D eigenvalue weighted by Crippen LogP contribution is 2.31. The normalized spacial score (nSPS) is 11.3. The van der Waals surface area contributed by atoms with Crippen LogP contribution in [0.5, 0.6) is 11.5 Å². The number of nitrogens with one attached hydrogen (secondary N) is 1. The third kappa shape index (κ3) is 4.78. The van der Waals surface area contributed by atoms with Gasteiger partial charge >= 0.3 is 0 Å². The second-order valence-corrected chi connectivity index (χ2v) is 7.27. The van der Waals surface area contributed by atoms with Crippen LogP contribution in [0.15, 0.2) is 51.9 Å². The monoisotopic (exact) mass is 446 g/mol. The first kappa shape index (κ1) is 21.7. The topological polar surface area (TPSA) is 73.1 Å². The molecule has 0 saturated heterocycles. The smallest absolute Gasteiger partial charge is 0.261 e. The van der Waals surface area contributed by atoms with Gasteiger partial charge in [-0.15, -0.1) is 0 Å². The van der Waals surface area contributed by atoms with Gasteiger partial charge in [-0.25, -0.2) is 4.99 Å². The van der Waals surface area contributed by atoms with E-state index in [-0.39, 0.29) is 5.56 Å². The van der Waals surface area contributed by atoms with Crippen molar-refractivity contribution >= 4 is 40.5 Å². The minimum atomic E-state index is -0.420. The Hall–Kier alpha value is -2.96. The molecule has 1 amide bonds. The molecule has 1 aromatic heterocycles. The summed E-state index contributed by atoms with van der Waals surface area (Å²) in [5.74, 6) is 1.59. The lowest BCUT2D eigenvalue weighted by Gasteiger charge is -2.12. The number of hydrogen-bond donors (Lipinski definition) is 1. The van der Waals surface area contributed by atoms with Crippen molar-refractivity contribution in [2.75, 3.05) is 19.5 Å². The molecular weight excluding hydrogens is 427 g/mol. The van der Waals surface area contributed by atoms with Crippen molar-refractivity contribution in [3.05, 3.63) is 75.0 Å². The van der Waals surface area contributed by atoms with Crippen LogP contribution in [-0.2, 0) is 0 Å². The number of amides is 1. The lowest BCUT2D eigenvalue weighted by atomic mass is 10.1. The Morgan fingerprint density at radius 1 is 0.967 bits per heavy atom. The van der Waals surface area contributed by atoms with Gasteiger partial charge in [0.2, 0.25) is 0 Å². The van der Waals surface area contributed by atoms with E-state index in [1.807, 2.05) is 0 Å². The van der Waals surface area contributed by atoms with Crippen LogP contribution in [0.2, 0.25) is 10.0 Å². The predicted octanol–water partition coefficient (Wildman–Crippen LogP) is 5.71. The molecule has 2 aromatic carbocycles. The first-order chi connectivity index (χ1) is 14.3. The van der Waals surface area contributed by atoms with Crippen molar-refractivity contribution in [3.8, 4) is 11.5 Å². The molecule has 0 spiro atoms. The van der Waals surface area contributed by atoms with E-state index < -0.39 is 5.91 Å². The highest BCUT2D eigenvalue weighted by Gasteiger charge is 2.18. The molecule has 0 fully saturated rings. The Kier molecular flexibility index (Phi) is 6.70. The largest absolute Gasteiger partial charge is 0.495 e. The summed E-state index contributed by atoms with van der Waals surface area (Å²) in [7, 11) is 3.05. The summed E-state index contributed by atoms with van der Waals surface area (Å²) in [6.45, 7) is 3.48. The SMILES string of the molecule is COc1ccc(Cl)cc1N=c1cc(C)oc(C)c1C(=O)Nc1cc(Cl)ccc1OC. The van der Waals surface area contributed by atoms with Gasteiger partial charge in [0.1, 0.15) is 34.3 Å². The van der Waals surface area contributed by atoms with Crippen molar-refractivity contribution in [1.82, 2.24) is 0 Å². The molecule has 0 saturated carbocycles. The van der Waals surface area contributed by atoms with Crippen LogP contribution in [0.4, 0.5) is 11.4 Å². The summed E-state index contributed by atoms with van der Waals surface area (Å²) >= 11 is 12.2. The Morgan fingerprint density at radius 3 is 2.27 bits per heavy atom. The second-order valence-electron chi connectivity index (χ2n) is 6.40. The number of anilines is 1. The van der Waals surface area contributed by atoms with E-state index in [2.05, 4.69) is 10.3 Å². The van der Waals surface area contributed by atoms with Gasteiger partial charge < -0.3 is 19.2 Å². The highest BCUT2D eigenvalue weighted by molar-refractivity contribution is 6.31. The molecule has 3 aromatic rings. The number of ether oxygens (including phenoxy) is 2. The zero-order valence-electron chi connectivity index (χ0n) is 16.9. The summed E-state index contributed by atoms with van der Waals surface area (Å²) in [5, 5.41) is 4.19. The summed E-state index contributed by atoms with van der Waals surface area (Å²) in [6, 6.07) is 11.7. The summed E-state index contributed by atoms with van der Waals surface area (Å²) in [4.78, 5) is 17.8. The molecule has 0 radical (unpaired) electrons. The minimum absolute atomic E-state index is 0.268. The Bertz CT molecular complexity index is 1170. The highest BCUT2D eigenvalue weighted by atomic mass is 35.5. The molecular formula is C22H20Cl2N2O4. The maximum Gasteiger partial charge on any atom is 0.261 e. The van der Waals surface area contributed by atoms with Crippen LogP contribution in [-0.4, -0.2) is 20.1 Å². The molecule has 156 valence electrons. The number of carbonyl (C=O) groups is 1. The number of carbonyl (C=O) groups excluding carboxylic acids is 1. The Labute approximate surface area is 184 Å². The zero-order chi connectivity index (χ0) is 21.8. The predicted molar refractivity (Wildman–Crippen MR) is 117 cm³/mol. The number of rotatable bonds is 5. The average molecular weight is 447 g/mol. The summed E-state index contributed by atoms with van der Waals surface area (Å²) in [5.41, 5.74) is 1.19. The van der Waals surface area contributed by atoms with E-state index in [1.54, 1.807) is 56.3 Å². The van der Waals surface area contributed by atoms with E-state index in [9.17, 15) is 4.79 Å². The molecule has 0 aliphatic rings. The fourth-order valence-corrected chi connectivity index (χ4v) is 3.31. The number of aryl methyl sites for hydroxylation is 2. The number of nitrogens with zero attached hydrogens (tertiary/aromatic N) is 1. The van der Waals surface area contributed by atoms with Gasteiger partial charge in [-0.2, -0.15) is 0 Å². The molecule has 0 bridgehead atoms. The number of methoxy groups -OCH3 is 2. The van der Waals surface area contributed by atoms with Gasteiger partial charge in [0.25, 0.3) is 5.91 Å². The fraction of sp³-hybridized carbons (Fsp3) is 0.182. The van der Waals surface area contributed by atoms with Crippen molar-refractivity contribution in [3.63, 3.8) is 0 Å². The number of benzene rings is 2. The number of halogens is 2. The van der Waals surface area contributed by atoms with Gasteiger partial charge in [0, 0.05) is 16.1 Å². The van der Waals surface area contributed by atoms with Gasteiger partial charge in [-0.3, -0.25) is 4.79 Å². The summed E-state index contributed by atoms with van der Waals surface area (Å²) < 4.78 is 16.3. The van der Waals surface area contributed by atoms with E-state index in [4.69, 9.17) is 37.1 Å². The minimum Gasteiger partial charge on any atom is -0.495 e. The first-order valence-electron chi connectivity index (χ1n) is 8.97. The zero-order valence-corrected chi connectivity index (χ0v) is 18.4. The lowest BCUT2D eigenvalue weighted by Crippen LogP contribution is -2.24. The van der Waals surface area contributed by atoms with Gasteiger partial charge in [0.05, 0.1) is 25.3 Å². The Morgan fingerprint density at radius 2 is 1.60 bits per heavy atom. The van der Waals surface area contributed by atoms with Crippen LogP contribution in [0, 0.1) is 13.8 Å². The maximum absolute atomic E-state index is 13.2. The van der Waals surface area contributed by atoms with Gasteiger partial charge in [-0.1, -0.05) is 23.2 Å². The van der Waals surface area contributed by atoms with E-state index in [0.29, 0.717) is 49.8 Å². The van der Waals surface area contributed by atoms with Gasteiger partial charge in [-0.05, 0) is 50.2 Å². The molecule has 1 N–H and O–H groups in total. The fourth-order valence-electron chi connectivity index (χ4n) is 2.97. The molecule has 30 heavy (non-hydrogen) atoms. The molecule has 1 heterocycles. The molecule has 0 atom stereocenters. The maximum atomic E-state index is 13.2. The van der Waals surface area contributed by atoms with E-state index in [0.717, 1.165) is 0 Å². The van der Waals surface area contributed by atoms with Crippen LogP contribution in [0.25, 0.3) is 0 Å². The molecule has 0 aliphatic heterocycles. The lowest BCUT2D eigenvalue weighted by molar-refractivity contribution is 0.102. The van der Waals surface area contributed by atoms with Crippen LogP contribution in [0.1, 0.15) is 21.9 Å². The van der Waals surface area contributed by atoms with Crippen molar-refractivity contribution in [2.45, 2.75) is 13.8 Å². The van der Waals surface area contributed by atoms with Crippen LogP contribution < -0.4 is 20.1 Å². The third-order valence-electron chi connectivity index (χ3n) is 4.28. The van der Waals surface area contributed by atoms with Crippen molar-refractivity contribution in [2.24, 2.45) is 4.99 Å². The molecule has 8 heteroatoms. The molecule has 0 unspecified atom stereocenters. The molecule has 6 nitrogen and oxygen atoms in total. The molecule has 0 aliphatic carbocycles. The van der Waals surface area contributed by atoms with Crippen molar-refractivity contribution in [1.29, 1.82) is 0 Å². The third-order valence-corrected chi connectivity index (χ3v) is 4.75. The second kappa shape index (κ2) is 9.24. The van der Waals surface area contributed by atoms with Crippen LogP contribution in [0.3, 0.4) is 0 Å².